The summed E-state index contributed by atoms with van der Waals surface area (Å²) in [6, 6.07) is 16.2. The Hall–Kier alpha value is -1.76. The Morgan fingerprint density at radius 1 is 0.692 bits per heavy atom. The number of para-hydroxylation sites is 2. The highest BCUT2D eigenvalue weighted by Gasteiger charge is 2.02. The minimum Gasteiger partial charge on any atom is -0.456 e. The van der Waals surface area contributed by atoms with Gasteiger partial charge in [-0.2, -0.15) is 0 Å². The summed E-state index contributed by atoms with van der Waals surface area (Å²) in [5.41, 5.74) is 1.92. The number of benzene rings is 2. The molecule has 1 heterocycles. The molecule has 0 spiro atoms. The molecule has 64 valence electrons. The van der Waals surface area contributed by atoms with E-state index in [4.69, 9.17) is 4.42 Å². The molecule has 2 aromatic carbocycles. The Labute approximate surface area is 77.1 Å². The minimum absolute atomic E-state index is 0. The van der Waals surface area contributed by atoms with E-state index in [1.807, 2.05) is 36.4 Å². The molecule has 0 saturated heterocycles. The van der Waals surface area contributed by atoms with Crippen molar-refractivity contribution in [3.63, 3.8) is 0 Å². The Balaban J connectivity index is 0.000000750. The summed E-state index contributed by atoms with van der Waals surface area (Å²) in [7, 11) is 0. The van der Waals surface area contributed by atoms with E-state index in [1.54, 1.807) is 0 Å². The van der Waals surface area contributed by atoms with Gasteiger partial charge < -0.3 is 4.42 Å². The van der Waals surface area contributed by atoms with Crippen molar-refractivity contribution in [1.82, 2.24) is 0 Å². The van der Waals surface area contributed by atoms with E-state index in [0.29, 0.717) is 0 Å². The third kappa shape index (κ3) is 0.872. The van der Waals surface area contributed by atoms with Gasteiger partial charge in [0.25, 0.3) is 0 Å². The first kappa shape index (κ1) is 6.72. The fourth-order valence-corrected chi connectivity index (χ4v) is 1.67. The zero-order valence-corrected chi connectivity index (χ0v) is 7.03. The molecule has 0 unspecified atom stereocenters. The standard InChI is InChI=1S/C12H8O.H2/c1-3-7-11-9(5-1)10-6-2-4-8-12(10)13-11;/h1-8H;1H. The van der Waals surface area contributed by atoms with E-state index in [0.717, 1.165) is 11.2 Å². The highest BCUT2D eigenvalue weighted by molar-refractivity contribution is 6.04. The van der Waals surface area contributed by atoms with Crippen LogP contribution in [0.15, 0.2) is 52.9 Å². The first-order valence-corrected chi connectivity index (χ1v) is 4.31. The number of fused-ring (bicyclic) bond motifs is 3. The lowest BCUT2D eigenvalue weighted by Crippen LogP contribution is -1.62. The summed E-state index contributed by atoms with van der Waals surface area (Å²) in [6.45, 7) is 0. The number of rotatable bonds is 0. The number of furan rings is 1. The molecule has 13 heavy (non-hydrogen) atoms. The SMILES string of the molecule is [HH].c1ccc2c(c1)oc1ccccc12. The van der Waals surface area contributed by atoms with Gasteiger partial charge in [-0.1, -0.05) is 36.4 Å². The second-order valence-corrected chi connectivity index (χ2v) is 3.09. The second-order valence-electron chi connectivity index (χ2n) is 3.09. The average Bonchev–Trinajstić information content (AvgIpc) is 2.56. The van der Waals surface area contributed by atoms with Crippen LogP contribution in [0.4, 0.5) is 0 Å². The lowest BCUT2D eigenvalue weighted by atomic mass is 10.2. The van der Waals surface area contributed by atoms with E-state index in [-0.39, 0.29) is 1.43 Å². The lowest BCUT2D eigenvalue weighted by Gasteiger charge is -1.85. The summed E-state index contributed by atoms with van der Waals surface area (Å²) in [5.74, 6) is 0. The van der Waals surface area contributed by atoms with Gasteiger partial charge in [-0.25, -0.2) is 0 Å². The molecule has 0 saturated carbocycles. The van der Waals surface area contributed by atoms with Crippen LogP contribution in [0.25, 0.3) is 21.9 Å². The molecular weight excluding hydrogens is 160 g/mol. The Bertz CT molecular complexity index is 518. The Morgan fingerprint density at radius 2 is 1.15 bits per heavy atom. The molecule has 0 N–H and O–H groups in total. The third-order valence-electron chi connectivity index (χ3n) is 2.28. The van der Waals surface area contributed by atoms with Crippen molar-refractivity contribution >= 4 is 21.9 Å². The van der Waals surface area contributed by atoms with Crippen LogP contribution in [0.2, 0.25) is 0 Å². The second kappa shape index (κ2) is 2.36. The zero-order valence-electron chi connectivity index (χ0n) is 7.03. The first-order chi connectivity index (χ1) is 6.45. The van der Waals surface area contributed by atoms with E-state index < -0.39 is 0 Å². The zero-order chi connectivity index (χ0) is 8.67. The van der Waals surface area contributed by atoms with Crippen molar-refractivity contribution in [3.8, 4) is 0 Å². The number of hydrogen-bond acceptors (Lipinski definition) is 1. The number of hydrogen-bond donors (Lipinski definition) is 0. The van der Waals surface area contributed by atoms with Gasteiger partial charge in [0.1, 0.15) is 11.2 Å². The molecule has 0 aliphatic heterocycles. The summed E-state index contributed by atoms with van der Waals surface area (Å²) in [6.07, 6.45) is 0. The fourth-order valence-electron chi connectivity index (χ4n) is 1.67. The molecule has 0 aliphatic carbocycles. The topological polar surface area (TPSA) is 13.1 Å². The quantitative estimate of drug-likeness (QED) is 0.499. The smallest absolute Gasteiger partial charge is 0.135 e. The van der Waals surface area contributed by atoms with E-state index in [2.05, 4.69) is 12.1 Å². The molecular formula is C12H10O. The average molecular weight is 170 g/mol. The van der Waals surface area contributed by atoms with Gasteiger partial charge in [0, 0.05) is 12.2 Å². The molecule has 3 rings (SSSR count). The van der Waals surface area contributed by atoms with Crippen LogP contribution in [0.1, 0.15) is 1.43 Å². The molecule has 0 amide bonds. The van der Waals surface area contributed by atoms with E-state index in [9.17, 15) is 0 Å². The Kier molecular flexibility index (Phi) is 1.22. The van der Waals surface area contributed by atoms with Crippen molar-refractivity contribution in [3.05, 3.63) is 48.5 Å². The van der Waals surface area contributed by atoms with Crippen LogP contribution >= 0.6 is 0 Å². The summed E-state index contributed by atoms with van der Waals surface area (Å²) >= 11 is 0. The van der Waals surface area contributed by atoms with Gasteiger partial charge in [-0.15, -0.1) is 0 Å². The van der Waals surface area contributed by atoms with Crippen molar-refractivity contribution in [2.75, 3.05) is 0 Å². The molecule has 1 aromatic heterocycles. The van der Waals surface area contributed by atoms with Crippen LogP contribution < -0.4 is 0 Å². The molecule has 0 fully saturated rings. The summed E-state index contributed by atoms with van der Waals surface area (Å²) < 4.78 is 5.65. The van der Waals surface area contributed by atoms with Crippen LogP contribution in [-0.4, -0.2) is 0 Å². The maximum Gasteiger partial charge on any atom is 0.135 e. The van der Waals surface area contributed by atoms with Crippen LogP contribution in [0.5, 0.6) is 0 Å². The molecule has 0 radical (unpaired) electrons. The van der Waals surface area contributed by atoms with Crippen molar-refractivity contribution in [2.24, 2.45) is 0 Å². The van der Waals surface area contributed by atoms with Gasteiger partial charge in [0.2, 0.25) is 0 Å². The molecule has 3 aromatic rings. The fraction of sp³-hybridized carbons (Fsp3) is 0. The minimum atomic E-state index is 0. The van der Waals surface area contributed by atoms with E-state index >= 15 is 0 Å². The Morgan fingerprint density at radius 3 is 1.69 bits per heavy atom. The van der Waals surface area contributed by atoms with E-state index in [1.165, 1.54) is 10.8 Å². The maximum absolute atomic E-state index is 5.65. The van der Waals surface area contributed by atoms with Gasteiger partial charge in [0.15, 0.2) is 0 Å². The van der Waals surface area contributed by atoms with Crippen molar-refractivity contribution < 1.29 is 5.84 Å². The lowest BCUT2D eigenvalue weighted by molar-refractivity contribution is 0.669. The molecule has 0 atom stereocenters. The first-order valence-electron chi connectivity index (χ1n) is 4.31. The third-order valence-corrected chi connectivity index (χ3v) is 2.28. The highest BCUT2D eigenvalue weighted by atomic mass is 16.3. The van der Waals surface area contributed by atoms with Crippen LogP contribution in [0.3, 0.4) is 0 Å². The molecule has 0 aliphatic rings. The predicted molar refractivity (Wildman–Crippen MR) is 55.8 cm³/mol. The normalized spacial score (nSPS) is 11.1. The predicted octanol–water partition coefficient (Wildman–Crippen LogP) is 3.83. The molecule has 1 nitrogen and oxygen atoms in total. The van der Waals surface area contributed by atoms with Crippen molar-refractivity contribution in [1.29, 1.82) is 0 Å². The van der Waals surface area contributed by atoms with Crippen LogP contribution in [0, 0.1) is 0 Å². The van der Waals surface area contributed by atoms with Gasteiger partial charge in [0.05, 0.1) is 0 Å². The van der Waals surface area contributed by atoms with Gasteiger partial charge in [-0.05, 0) is 12.1 Å². The summed E-state index contributed by atoms with van der Waals surface area (Å²) in [5, 5.41) is 2.39. The largest absolute Gasteiger partial charge is 0.456 e. The highest BCUT2D eigenvalue weighted by Crippen LogP contribution is 2.27. The van der Waals surface area contributed by atoms with Gasteiger partial charge >= 0.3 is 0 Å². The molecule has 1 heteroatoms. The summed E-state index contributed by atoms with van der Waals surface area (Å²) in [4.78, 5) is 0. The molecule has 0 bridgehead atoms. The van der Waals surface area contributed by atoms with Crippen LogP contribution in [-0.2, 0) is 0 Å². The monoisotopic (exact) mass is 170 g/mol. The van der Waals surface area contributed by atoms with Crippen molar-refractivity contribution in [2.45, 2.75) is 0 Å². The van der Waals surface area contributed by atoms with Gasteiger partial charge in [-0.3, -0.25) is 0 Å². The maximum atomic E-state index is 5.65.